The molecule has 1 saturated heterocycles. The lowest BCUT2D eigenvalue weighted by Gasteiger charge is -2.31. The molecule has 1 aliphatic rings. The number of carbonyl (C=O) groups excluding carboxylic acids is 1. The summed E-state index contributed by atoms with van der Waals surface area (Å²) in [5.41, 5.74) is 0.0562. The van der Waals surface area contributed by atoms with Crippen molar-refractivity contribution in [3.05, 3.63) is 16.1 Å². The number of rotatable bonds is 5. The zero-order valence-electron chi connectivity index (χ0n) is 11.9. The maximum atomic E-state index is 12.0. The summed E-state index contributed by atoms with van der Waals surface area (Å²) < 4.78 is 5.28. The van der Waals surface area contributed by atoms with Gasteiger partial charge >= 0.3 is 12.0 Å². The molecular formula is C13H19N3O4S. The summed E-state index contributed by atoms with van der Waals surface area (Å²) in [5.74, 6) is -1.03. The van der Waals surface area contributed by atoms with Gasteiger partial charge in [0.15, 0.2) is 5.69 Å². The summed E-state index contributed by atoms with van der Waals surface area (Å²) >= 11 is 1.29. The second-order valence-electron chi connectivity index (χ2n) is 4.87. The normalized spacial score (nSPS) is 15.7. The third kappa shape index (κ3) is 4.40. The fourth-order valence-corrected chi connectivity index (χ4v) is 2.94. The number of carbonyl (C=O) groups is 2. The maximum absolute atomic E-state index is 12.0. The van der Waals surface area contributed by atoms with Crippen LogP contribution in [0.2, 0.25) is 0 Å². The molecule has 0 radical (unpaired) electrons. The molecule has 0 unspecified atom stereocenters. The summed E-state index contributed by atoms with van der Waals surface area (Å²) in [7, 11) is 1.79. The van der Waals surface area contributed by atoms with Crippen molar-refractivity contribution in [2.75, 3.05) is 26.8 Å². The van der Waals surface area contributed by atoms with Gasteiger partial charge in [-0.05, 0) is 12.8 Å². The van der Waals surface area contributed by atoms with E-state index in [-0.39, 0.29) is 17.8 Å². The van der Waals surface area contributed by atoms with Crippen LogP contribution in [0.25, 0.3) is 0 Å². The number of nitrogens with one attached hydrogen (secondary N) is 1. The van der Waals surface area contributed by atoms with E-state index in [1.54, 1.807) is 11.9 Å². The number of aromatic carboxylic acids is 1. The fraction of sp³-hybridized carbons (Fsp3) is 0.615. The minimum absolute atomic E-state index is 0.0562. The van der Waals surface area contributed by atoms with E-state index in [1.807, 2.05) is 0 Å². The average molecular weight is 313 g/mol. The van der Waals surface area contributed by atoms with Gasteiger partial charge in [-0.25, -0.2) is 14.6 Å². The topological polar surface area (TPSA) is 91.8 Å². The summed E-state index contributed by atoms with van der Waals surface area (Å²) in [6.45, 7) is 1.83. The van der Waals surface area contributed by atoms with Crippen molar-refractivity contribution >= 4 is 23.3 Å². The first kappa shape index (κ1) is 15.7. The molecule has 0 atom stereocenters. The smallest absolute Gasteiger partial charge is 0.355 e. The molecule has 0 aliphatic carbocycles. The number of hydrogen-bond donors (Lipinski definition) is 2. The number of carboxylic acid groups (broad SMARTS) is 1. The van der Waals surface area contributed by atoms with E-state index < -0.39 is 5.97 Å². The minimum atomic E-state index is -1.03. The number of thiazole rings is 1. The lowest BCUT2D eigenvalue weighted by molar-refractivity contribution is 0.0526. The Bertz CT molecular complexity index is 499. The van der Waals surface area contributed by atoms with Crippen LogP contribution in [0.4, 0.5) is 4.79 Å². The quantitative estimate of drug-likeness (QED) is 0.852. The molecule has 1 aliphatic heterocycles. The van der Waals surface area contributed by atoms with Gasteiger partial charge in [0, 0.05) is 44.6 Å². The summed E-state index contributed by atoms with van der Waals surface area (Å²) in [5, 5.41) is 13.8. The zero-order chi connectivity index (χ0) is 15.2. The zero-order valence-corrected chi connectivity index (χ0v) is 12.7. The third-order valence-electron chi connectivity index (χ3n) is 3.44. The predicted octanol–water partition coefficient (Wildman–Crippen LogP) is 1.20. The molecule has 1 fully saturated rings. The van der Waals surface area contributed by atoms with Crippen molar-refractivity contribution < 1.29 is 19.4 Å². The second kappa shape index (κ2) is 7.37. The third-order valence-corrected chi connectivity index (χ3v) is 4.35. The summed E-state index contributed by atoms with van der Waals surface area (Å²) in [6, 6.07) is 0.106. The number of aromatic nitrogens is 1. The van der Waals surface area contributed by atoms with Crippen LogP contribution in [0.15, 0.2) is 5.38 Å². The monoisotopic (exact) mass is 313 g/mol. The average Bonchev–Trinajstić information content (AvgIpc) is 2.96. The summed E-state index contributed by atoms with van der Waals surface area (Å²) in [6.07, 6.45) is 2.25. The lowest BCUT2D eigenvalue weighted by Crippen LogP contribution is -2.46. The van der Waals surface area contributed by atoms with Crippen LogP contribution in [-0.2, 0) is 11.2 Å². The van der Waals surface area contributed by atoms with Gasteiger partial charge < -0.3 is 20.1 Å². The van der Waals surface area contributed by atoms with Crippen molar-refractivity contribution in [3.8, 4) is 0 Å². The van der Waals surface area contributed by atoms with E-state index in [2.05, 4.69) is 10.3 Å². The molecule has 8 heteroatoms. The molecule has 1 aromatic rings. The van der Waals surface area contributed by atoms with Crippen LogP contribution in [0.1, 0.15) is 28.3 Å². The van der Waals surface area contributed by atoms with Crippen molar-refractivity contribution in [1.82, 2.24) is 15.2 Å². The number of hydrogen-bond acceptors (Lipinski definition) is 5. The van der Waals surface area contributed by atoms with Gasteiger partial charge in [0.1, 0.15) is 0 Å². The molecule has 0 bridgehead atoms. The van der Waals surface area contributed by atoms with Crippen molar-refractivity contribution in [2.24, 2.45) is 0 Å². The van der Waals surface area contributed by atoms with Gasteiger partial charge in [0.25, 0.3) is 0 Å². The van der Waals surface area contributed by atoms with Gasteiger partial charge in [-0.1, -0.05) is 0 Å². The highest BCUT2D eigenvalue weighted by Gasteiger charge is 2.22. The van der Waals surface area contributed by atoms with E-state index in [9.17, 15) is 9.59 Å². The Morgan fingerprint density at radius 3 is 2.86 bits per heavy atom. The fourth-order valence-electron chi connectivity index (χ4n) is 2.16. The number of carboxylic acids is 1. The van der Waals surface area contributed by atoms with E-state index in [1.165, 1.54) is 16.7 Å². The number of nitrogens with zero attached hydrogens (tertiary/aromatic N) is 2. The Labute approximate surface area is 126 Å². The molecule has 2 N–H and O–H groups in total. The van der Waals surface area contributed by atoms with Crippen LogP contribution >= 0.6 is 11.3 Å². The SMILES string of the molecule is CN(C(=O)NCCc1nc(C(=O)O)cs1)C1CCOCC1. The van der Waals surface area contributed by atoms with Gasteiger partial charge in [-0.2, -0.15) is 0 Å². The number of ether oxygens (including phenoxy) is 1. The molecule has 0 saturated carbocycles. The van der Waals surface area contributed by atoms with Crippen LogP contribution < -0.4 is 5.32 Å². The highest BCUT2D eigenvalue weighted by Crippen LogP contribution is 2.13. The Hall–Kier alpha value is -1.67. The summed E-state index contributed by atoms with van der Waals surface area (Å²) in [4.78, 5) is 28.4. The first-order valence-electron chi connectivity index (χ1n) is 6.84. The van der Waals surface area contributed by atoms with Crippen molar-refractivity contribution in [3.63, 3.8) is 0 Å². The molecule has 2 amide bonds. The molecule has 116 valence electrons. The second-order valence-corrected chi connectivity index (χ2v) is 5.81. The minimum Gasteiger partial charge on any atom is -0.476 e. The van der Waals surface area contributed by atoms with Crippen LogP contribution in [0.5, 0.6) is 0 Å². The van der Waals surface area contributed by atoms with Gasteiger partial charge in [-0.3, -0.25) is 0 Å². The molecule has 21 heavy (non-hydrogen) atoms. The van der Waals surface area contributed by atoms with Crippen molar-refractivity contribution in [2.45, 2.75) is 25.3 Å². The van der Waals surface area contributed by atoms with E-state index >= 15 is 0 Å². The number of urea groups is 1. The standard InChI is InChI=1S/C13H19N3O4S/c1-16(9-3-6-20-7-4-9)13(19)14-5-2-11-15-10(8-21-11)12(17)18/h8-9H,2-7H2,1H3,(H,14,19)(H,17,18). The Morgan fingerprint density at radius 2 is 2.24 bits per heavy atom. The first-order chi connectivity index (χ1) is 10.1. The molecule has 2 rings (SSSR count). The molecule has 2 heterocycles. The Balaban J connectivity index is 1.74. The van der Waals surface area contributed by atoms with Crippen LogP contribution in [-0.4, -0.2) is 59.8 Å². The highest BCUT2D eigenvalue weighted by atomic mass is 32.1. The first-order valence-corrected chi connectivity index (χ1v) is 7.72. The largest absolute Gasteiger partial charge is 0.476 e. The molecule has 7 nitrogen and oxygen atoms in total. The predicted molar refractivity (Wildman–Crippen MR) is 77.8 cm³/mol. The Morgan fingerprint density at radius 1 is 1.52 bits per heavy atom. The van der Waals surface area contributed by atoms with E-state index in [4.69, 9.17) is 9.84 Å². The maximum Gasteiger partial charge on any atom is 0.355 e. The van der Waals surface area contributed by atoms with Crippen molar-refractivity contribution in [1.29, 1.82) is 0 Å². The van der Waals surface area contributed by atoms with E-state index in [0.717, 1.165) is 12.8 Å². The van der Waals surface area contributed by atoms with E-state index in [0.29, 0.717) is 31.2 Å². The van der Waals surface area contributed by atoms with Gasteiger partial charge in [0.2, 0.25) is 0 Å². The molecular weight excluding hydrogens is 294 g/mol. The van der Waals surface area contributed by atoms with Crippen LogP contribution in [0, 0.1) is 0 Å². The lowest BCUT2D eigenvalue weighted by atomic mass is 10.1. The van der Waals surface area contributed by atoms with Gasteiger partial charge in [-0.15, -0.1) is 11.3 Å². The highest BCUT2D eigenvalue weighted by molar-refractivity contribution is 7.09. The van der Waals surface area contributed by atoms with Gasteiger partial charge in [0.05, 0.1) is 5.01 Å². The molecule has 0 aromatic carbocycles. The molecule has 1 aromatic heterocycles. The Kier molecular flexibility index (Phi) is 5.51. The number of amides is 2. The van der Waals surface area contributed by atoms with Crippen LogP contribution in [0.3, 0.4) is 0 Å². The molecule has 0 spiro atoms.